The maximum Gasteiger partial charge on any atom is 0.256 e. The van der Waals surface area contributed by atoms with Gasteiger partial charge in [0, 0.05) is 18.8 Å². The summed E-state index contributed by atoms with van der Waals surface area (Å²) in [6, 6.07) is 3.66. The van der Waals surface area contributed by atoms with Crippen LogP contribution in [0.5, 0.6) is 0 Å². The van der Waals surface area contributed by atoms with E-state index in [-0.39, 0.29) is 5.91 Å². The number of amides is 1. The van der Waals surface area contributed by atoms with Crippen molar-refractivity contribution >= 4 is 21.8 Å². The second kappa shape index (κ2) is 3.10. The van der Waals surface area contributed by atoms with Crippen LogP contribution < -0.4 is 0 Å². The Balaban J connectivity index is 2.33. The molecule has 1 amide bonds. The molecule has 1 aromatic rings. The van der Waals surface area contributed by atoms with Crippen molar-refractivity contribution in [2.24, 2.45) is 0 Å². The van der Waals surface area contributed by atoms with E-state index in [2.05, 4.69) is 20.9 Å². The van der Waals surface area contributed by atoms with E-state index in [1.54, 1.807) is 4.90 Å². The fourth-order valence-electron chi connectivity index (χ4n) is 1.11. The third-order valence-corrected chi connectivity index (χ3v) is 2.56. The summed E-state index contributed by atoms with van der Waals surface area (Å²) in [4.78, 5) is 17.5. The normalized spacial score (nSPS) is 14.5. The number of aromatic nitrogens is 1. The van der Waals surface area contributed by atoms with Gasteiger partial charge in [-0.25, -0.2) is 4.98 Å². The van der Waals surface area contributed by atoms with Gasteiger partial charge in [0.05, 0.1) is 5.56 Å². The van der Waals surface area contributed by atoms with E-state index in [1.807, 2.05) is 19.1 Å². The molecular formula is C9H9BrN2O. The molecule has 0 radical (unpaired) electrons. The number of hydrogen-bond donors (Lipinski definition) is 0. The number of pyridine rings is 1. The molecule has 0 saturated carbocycles. The highest BCUT2D eigenvalue weighted by molar-refractivity contribution is 9.10. The predicted molar refractivity (Wildman–Crippen MR) is 52.6 cm³/mol. The molecular weight excluding hydrogens is 232 g/mol. The number of halogens is 1. The summed E-state index contributed by atoms with van der Waals surface area (Å²) >= 11 is 3.29. The molecule has 0 unspecified atom stereocenters. The smallest absolute Gasteiger partial charge is 0.256 e. The Morgan fingerprint density at radius 3 is 2.77 bits per heavy atom. The van der Waals surface area contributed by atoms with Gasteiger partial charge in [-0.15, -0.1) is 0 Å². The van der Waals surface area contributed by atoms with Crippen molar-refractivity contribution < 1.29 is 4.79 Å². The molecule has 0 aromatic carbocycles. The molecule has 3 nitrogen and oxygen atoms in total. The van der Waals surface area contributed by atoms with Crippen LogP contribution in [-0.4, -0.2) is 28.9 Å². The second-order valence-electron chi connectivity index (χ2n) is 3.08. The van der Waals surface area contributed by atoms with Crippen LogP contribution in [0.2, 0.25) is 0 Å². The quantitative estimate of drug-likeness (QED) is 0.552. The first-order valence-corrected chi connectivity index (χ1v) is 4.90. The Morgan fingerprint density at radius 1 is 1.54 bits per heavy atom. The highest BCUT2D eigenvalue weighted by Crippen LogP contribution is 2.19. The SMILES string of the molecule is Cc1ccc(C(=O)N2CC2)c(Br)n1. The maximum atomic E-state index is 11.6. The van der Waals surface area contributed by atoms with E-state index >= 15 is 0 Å². The molecule has 0 atom stereocenters. The van der Waals surface area contributed by atoms with Crippen molar-refractivity contribution in [3.63, 3.8) is 0 Å². The van der Waals surface area contributed by atoms with E-state index in [9.17, 15) is 4.79 Å². The maximum absolute atomic E-state index is 11.6. The largest absolute Gasteiger partial charge is 0.335 e. The highest BCUT2D eigenvalue weighted by Gasteiger charge is 2.26. The topological polar surface area (TPSA) is 33.0 Å². The number of nitrogens with zero attached hydrogens (tertiary/aromatic N) is 2. The van der Waals surface area contributed by atoms with Gasteiger partial charge in [-0.05, 0) is 35.0 Å². The van der Waals surface area contributed by atoms with E-state index in [0.29, 0.717) is 10.2 Å². The third-order valence-electron chi connectivity index (χ3n) is 1.95. The van der Waals surface area contributed by atoms with Crippen LogP contribution in [0.25, 0.3) is 0 Å². The van der Waals surface area contributed by atoms with E-state index in [0.717, 1.165) is 18.8 Å². The van der Waals surface area contributed by atoms with Gasteiger partial charge in [-0.2, -0.15) is 0 Å². The molecule has 1 fully saturated rings. The van der Waals surface area contributed by atoms with Gasteiger partial charge in [-0.1, -0.05) is 0 Å². The Hall–Kier alpha value is -0.900. The molecule has 0 aliphatic carbocycles. The fourth-order valence-corrected chi connectivity index (χ4v) is 1.69. The number of aryl methyl sites for hydroxylation is 1. The van der Waals surface area contributed by atoms with Crippen LogP contribution in [0.4, 0.5) is 0 Å². The molecule has 1 saturated heterocycles. The van der Waals surface area contributed by atoms with Gasteiger partial charge < -0.3 is 4.90 Å². The third kappa shape index (κ3) is 1.72. The first-order chi connectivity index (χ1) is 6.18. The molecule has 0 spiro atoms. The van der Waals surface area contributed by atoms with Crippen LogP contribution in [0.15, 0.2) is 16.7 Å². The molecule has 4 heteroatoms. The number of carbonyl (C=O) groups excluding carboxylic acids is 1. The predicted octanol–water partition coefficient (Wildman–Crippen LogP) is 1.61. The first-order valence-electron chi connectivity index (χ1n) is 4.11. The van der Waals surface area contributed by atoms with Gasteiger partial charge in [0.15, 0.2) is 0 Å². The van der Waals surface area contributed by atoms with Gasteiger partial charge >= 0.3 is 0 Å². The van der Waals surface area contributed by atoms with Crippen LogP contribution in [-0.2, 0) is 0 Å². The molecule has 13 heavy (non-hydrogen) atoms. The standard InChI is InChI=1S/C9H9BrN2O/c1-6-2-3-7(8(10)11-6)9(13)12-4-5-12/h2-3H,4-5H2,1H3. The van der Waals surface area contributed by atoms with E-state index in [4.69, 9.17) is 0 Å². The van der Waals surface area contributed by atoms with Crippen LogP contribution in [0.3, 0.4) is 0 Å². The minimum atomic E-state index is 0.0689. The monoisotopic (exact) mass is 240 g/mol. The lowest BCUT2D eigenvalue weighted by atomic mass is 10.2. The summed E-state index contributed by atoms with van der Waals surface area (Å²) in [7, 11) is 0. The van der Waals surface area contributed by atoms with Crippen molar-refractivity contribution in [3.05, 3.63) is 28.0 Å². The van der Waals surface area contributed by atoms with Crippen molar-refractivity contribution in [2.45, 2.75) is 6.92 Å². The summed E-state index contributed by atoms with van der Waals surface area (Å²) in [6.45, 7) is 3.65. The summed E-state index contributed by atoms with van der Waals surface area (Å²) in [5, 5.41) is 0. The van der Waals surface area contributed by atoms with E-state index < -0.39 is 0 Å². The van der Waals surface area contributed by atoms with Gasteiger partial charge in [0.2, 0.25) is 0 Å². The molecule has 0 N–H and O–H groups in total. The number of rotatable bonds is 1. The molecule has 1 aliphatic heterocycles. The number of carbonyl (C=O) groups is 1. The summed E-state index contributed by atoms with van der Waals surface area (Å²) in [5.74, 6) is 0.0689. The lowest BCUT2D eigenvalue weighted by Gasteiger charge is -2.03. The molecule has 0 bridgehead atoms. The van der Waals surface area contributed by atoms with Crippen LogP contribution in [0, 0.1) is 6.92 Å². The van der Waals surface area contributed by atoms with Crippen LogP contribution in [0.1, 0.15) is 16.1 Å². The Morgan fingerprint density at radius 2 is 2.23 bits per heavy atom. The Kier molecular flexibility index (Phi) is 2.07. The molecule has 68 valence electrons. The van der Waals surface area contributed by atoms with Crippen molar-refractivity contribution in [3.8, 4) is 0 Å². The molecule has 2 rings (SSSR count). The second-order valence-corrected chi connectivity index (χ2v) is 3.83. The highest BCUT2D eigenvalue weighted by atomic mass is 79.9. The van der Waals surface area contributed by atoms with Crippen molar-refractivity contribution in [2.75, 3.05) is 13.1 Å². The minimum Gasteiger partial charge on any atom is -0.335 e. The summed E-state index contributed by atoms with van der Waals surface area (Å²) < 4.78 is 0.643. The summed E-state index contributed by atoms with van der Waals surface area (Å²) in [5.41, 5.74) is 1.57. The molecule has 2 heterocycles. The van der Waals surface area contributed by atoms with Crippen molar-refractivity contribution in [1.29, 1.82) is 0 Å². The molecule has 1 aliphatic rings. The van der Waals surface area contributed by atoms with E-state index in [1.165, 1.54) is 0 Å². The lowest BCUT2D eigenvalue weighted by molar-refractivity contribution is 0.0884. The average molecular weight is 241 g/mol. The molecule has 1 aromatic heterocycles. The van der Waals surface area contributed by atoms with Gasteiger partial charge in [0.25, 0.3) is 5.91 Å². The summed E-state index contributed by atoms with van der Waals surface area (Å²) in [6.07, 6.45) is 0. The van der Waals surface area contributed by atoms with Gasteiger partial charge in [-0.3, -0.25) is 4.79 Å². The Labute approximate surface area is 84.9 Å². The Bertz CT molecular complexity index is 361. The fraction of sp³-hybridized carbons (Fsp3) is 0.333. The lowest BCUT2D eigenvalue weighted by Crippen LogP contribution is -2.11. The minimum absolute atomic E-state index is 0.0689. The van der Waals surface area contributed by atoms with Crippen molar-refractivity contribution in [1.82, 2.24) is 9.88 Å². The zero-order chi connectivity index (χ0) is 9.42. The first kappa shape index (κ1) is 8.69. The number of hydrogen-bond acceptors (Lipinski definition) is 2. The zero-order valence-corrected chi connectivity index (χ0v) is 8.84. The zero-order valence-electron chi connectivity index (χ0n) is 7.25. The van der Waals surface area contributed by atoms with Crippen LogP contribution >= 0.6 is 15.9 Å². The average Bonchev–Trinajstić information content (AvgIpc) is 2.85. The van der Waals surface area contributed by atoms with Gasteiger partial charge in [0.1, 0.15) is 4.60 Å².